The van der Waals surface area contributed by atoms with Crippen molar-refractivity contribution in [2.75, 3.05) is 0 Å². The van der Waals surface area contributed by atoms with E-state index in [0.717, 1.165) is 102 Å². The summed E-state index contributed by atoms with van der Waals surface area (Å²) in [6, 6.07) is 21.9. The van der Waals surface area contributed by atoms with E-state index in [1.165, 1.54) is 11.1 Å². The minimum absolute atomic E-state index is 0.0920. The molecule has 4 heteroatoms. The topological polar surface area (TPSA) is 43.2 Å². The normalized spacial score (nSPS) is 20.8. The third-order valence-corrected chi connectivity index (χ3v) is 9.79. The van der Waals surface area contributed by atoms with Gasteiger partial charge in [-0.15, -0.1) is 0 Å². The van der Waals surface area contributed by atoms with Crippen LogP contribution in [-0.2, 0) is 22.3 Å². The van der Waals surface area contributed by atoms with Gasteiger partial charge in [0.25, 0.3) is 0 Å². The zero-order chi connectivity index (χ0) is 30.8. The summed E-state index contributed by atoms with van der Waals surface area (Å²) in [4.78, 5) is 10.9. The molecule has 4 nitrogen and oxygen atoms in total. The Bertz CT molecular complexity index is 1060. The molecular formula is C39H58N2O2. The second-order valence-corrected chi connectivity index (χ2v) is 13.7. The van der Waals surface area contributed by atoms with Crippen molar-refractivity contribution < 1.29 is 9.47 Å². The average molecular weight is 587 g/mol. The summed E-state index contributed by atoms with van der Waals surface area (Å²) in [5.74, 6) is 1.64. The van der Waals surface area contributed by atoms with Gasteiger partial charge in [-0.25, -0.2) is 9.98 Å². The molecule has 2 aromatic carbocycles. The average Bonchev–Trinajstić information content (AvgIpc) is 3.57. The van der Waals surface area contributed by atoms with Crippen molar-refractivity contribution in [1.82, 2.24) is 0 Å². The molecule has 4 rings (SSSR count). The van der Waals surface area contributed by atoms with Crippen LogP contribution in [0, 0.1) is 5.41 Å². The molecular weight excluding hydrogens is 528 g/mol. The molecule has 2 aromatic rings. The molecule has 0 saturated heterocycles. The molecule has 2 aliphatic rings. The van der Waals surface area contributed by atoms with Crippen LogP contribution >= 0.6 is 0 Å². The van der Waals surface area contributed by atoms with E-state index < -0.39 is 5.41 Å². The first-order valence-corrected chi connectivity index (χ1v) is 17.4. The maximum Gasteiger partial charge on any atom is 0.199 e. The molecule has 2 aliphatic heterocycles. The van der Waals surface area contributed by atoms with Crippen LogP contribution in [0.5, 0.6) is 0 Å². The number of nitrogens with zero attached hydrogens (tertiary/aromatic N) is 2. The van der Waals surface area contributed by atoms with E-state index in [9.17, 15) is 0 Å². The Morgan fingerprint density at radius 3 is 1.19 bits per heavy atom. The minimum Gasteiger partial charge on any atom is -0.471 e. The van der Waals surface area contributed by atoms with Crippen LogP contribution in [-0.4, -0.2) is 35.1 Å². The molecule has 0 amide bonds. The largest absolute Gasteiger partial charge is 0.471 e. The smallest absolute Gasteiger partial charge is 0.199 e. The van der Waals surface area contributed by atoms with E-state index in [0.29, 0.717) is 0 Å². The molecule has 0 saturated carbocycles. The van der Waals surface area contributed by atoms with Crippen molar-refractivity contribution in [2.45, 2.75) is 155 Å². The fourth-order valence-electron chi connectivity index (χ4n) is 6.92. The summed E-state index contributed by atoms with van der Waals surface area (Å²) in [5, 5.41) is 0. The molecule has 0 radical (unpaired) electrons. The Morgan fingerprint density at radius 1 is 0.558 bits per heavy atom. The van der Waals surface area contributed by atoms with E-state index >= 15 is 0 Å². The quantitative estimate of drug-likeness (QED) is 0.174. The summed E-state index contributed by atoms with van der Waals surface area (Å²) in [6.07, 6.45) is 15.1. The molecule has 2 atom stereocenters. The highest BCUT2D eigenvalue weighted by Gasteiger charge is 2.54. The van der Waals surface area contributed by atoms with Crippen molar-refractivity contribution in [3.8, 4) is 0 Å². The lowest BCUT2D eigenvalue weighted by molar-refractivity contribution is 0.0157. The van der Waals surface area contributed by atoms with Gasteiger partial charge in [0.15, 0.2) is 11.8 Å². The Morgan fingerprint density at radius 2 is 0.884 bits per heavy atom. The maximum absolute atomic E-state index is 7.19. The second kappa shape index (κ2) is 15.4. The van der Waals surface area contributed by atoms with Crippen molar-refractivity contribution >= 4 is 11.8 Å². The lowest BCUT2D eigenvalue weighted by atomic mass is 9.81. The van der Waals surface area contributed by atoms with Gasteiger partial charge in [0.2, 0.25) is 0 Å². The molecule has 0 spiro atoms. The zero-order valence-corrected chi connectivity index (χ0v) is 28.0. The van der Waals surface area contributed by atoms with Gasteiger partial charge >= 0.3 is 0 Å². The van der Waals surface area contributed by atoms with Gasteiger partial charge in [0.05, 0.1) is 12.1 Å². The van der Waals surface area contributed by atoms with Gasteiger partial charge in [0.1, 0.15) is 16.6 Å². The highest BCUT2D eigenvalue weighted by molar-refractivity contribution is 6.06. The fraction of sp³-hybridized carbons (Fsp3) is 0.641. The highest BCUT2D eigenvalue weighted by Crippen LogP contribution is 2.46. The SMILES string of the molecule is CCCCC1(CCCC)OC(C(C)(C)C2=N[C@@H](Cc3ccccc3)C(CCCC)(CCCC)O2)=N[C@H]1Cc1ccccc1. The van der Waals surface area contributed by atoms with Crippen molar-refractivity contribution in [3.63, 3.8) is 0 Å². The summed E-state index contributed by atoms with van der Waals surface area (Å²) < 4.78 is 14.4. The Labute approximate surface area is 262 Å². The summed E-state index contributed by atoms with van der Waals surface area (Å²) >= 11 is 0. The summed E-state index contributed by atoms with van der Waals surface area (Å²) in [6.45, 7) is 13.6. The minimum atomic E-state index is -0.537. The van der Waals surface area contributed by atoms with Crippen LogP contribution in [0.3, 0.4) is 0 Å². The Kier molecular flexibility index (Phi) is 11.9. The molecule has 0 N–H and O–H groups in total. The monoisotopic (exact) mass is 586 g/mol. The maximum atomic E-state index is 7.19. The number of hydrogen-bond acceptors (Lipinski definition) is 4. The van der Waals surface area contributed by atoms with Crippen molar-refractivity contribution in [2.24, 2.45) is 15.4 Å². The van der Waals surface area contributed by atoms with Gasteiger partial charge in [-0.05, 0) is 89.2 Å². The molecule has 43 heavy (non-hydrogen) atoms. The first-order chi connectivity index (χ1) is 20.8. The van der Waals surface area contributed by atoms with Crippen LogP contribution in [0.4, 0.5) is 0 Å². The molecule has 0 aliphatic carbocycles. The van der Waals surface area contributed by atoms with Gasteiger partial charge in [-0.3, -0.25) is 0 Å². The number of ether oxygens (including phenoxy) is 2. The van der Waals surface area contributed by atoms with Crippen LogP contribution < -0.4 is 0 Å². The molecule has 0 fully saturated rings. The van der Waals surface area contributed by atoms with E-state index in [2.05, 4.69) is 102 Å². The predicted octanol–water partition coefficient (Wildman–Crippen LogP) is 10.3. The van der Waals surface area contributed by atoms with Crippen LogP contribution in [0.1, 0.15) is 130 Å². The van der Waals surface area contributed by atoms with Gasteiger partial charge in [0, 0.05) is 0 Å². The van der Waals surface area contributed by atoms with E-state index in [-0.39, 0.29) is 23.3 Å². The fourth-order valence-corrected chi connectivity index (χ4v) is 6.92. The lowest BCUT2D eigenvalue weighted by Gasteiger charge is -2.37. The molecule has 236 valence electrons. The summed E-state index contributed by atoms with van der Waals surface area (Å²) in [7, 11) is 0. The number of aliphatic imine (C=N–C) groups is 2. The number of rotatable bonds is 18. The third-order valence-electron chi connectivity index (χ3n) is 9.79. The standard InChI is InChI=1S/C39H58N2O2/c1-7-11-25-38(26-12-8-2)33(29-31-21-17-15-18-22-31)40-35(42-38)37(5,6)36-41-34(30-32-23-19-16-20-24-32)39(43-36,27-13-9-3)28-14-10-4/h15-24,33-34H,7-14,25-30H2,1-6H3/t33-,34-/m0/s1. The van der Waals surface area contributed by atoms with Crippen LogP contribution in [0.2, 0.25) is 0 Å². The number of unbranched alkanes of at least 4 members (excludes halogenated alkanes) is 4. The summed E-state index contributed by atoms with van der Waals surface area (Å²) in [5.41, 5.74) is 1.56. The van der Waals surface area contributed by atoms with Gasteiger partial charge in [-0.2, -0.15) is 0 Å². The molecule has 0 bridgehead atoms. The number of hydrogen-bond donors (Lipinski definition) is 0. The van der Waals surface area contributed by atoms with Gasteiger partial charge in [-0.1, -0.05) is 114 Å². The lowest BCUT2D eigenvalue weighted by Crippen LogP contribution is -2.45. The van der Waals surface area contributed by atoms with Crippen LogP contribution in [0.15, 0.2) is 70.6 Å². The number of benzene rings is 2. The second-order valence-electron chi connectivity index (χ2n) is 13.7. The Balaban J connectivity index is 1.71. The third kappa shape index (κ3) is 7.91. The molecule has 0 aromatic heterocycles. The van der Waals surface area contributed by atoms with Gasteiger partial charge < -0.3 is 9.47 Å². The predicted molar refractivity (Wildman–Crippen MR) is 182 cm³/mol. The van der Waals surface area contributed by atoms with E-state index in [1.807, 2.05) is 0 Å². The first-order valence-electron chi connectivity index (χ1n) is 17.4. The zero-order valence-electron chi connectivity index (χ0n) is 28.0. The van der Waals surface area contributed by atoms with Crippen LogP contribution in [0.25, 0.3) is 0 Å². The van der Waals surface area contributed by atoms with Crippen molar-refractivity contribution in [3.05, 3.63) is 71.8 Å². The van der Waals surface area contributed by atoms with E-state index in [4.69, 9.17) is 19.5 Å². The molecule has 2 heterocycles. The van der Waals surface area contributed by atoms with E-state index in [1.54, 1.807) is 0 Å². The Hall–Kier alpha value is -2.62. The van der Waals surface area contributed by atoms with Crippen molar-refractivity contribution in [1.29, 1.82) is 0 Å². The highest BCUT2D eigenvalue weighted by atomic mass is 16.5. The first kappa shape index (κ1) is 33.3. The molecule has 0 unspecified atom stereocenters.